The van der Waals surface area contributed by atoms with Gasteiger partial charge in [0.1, 0.15) is 0 Å². The molecule has 0 saturated carbocycles. The molecule has 0 unspecified atom stereocenters. The van der Waals surface area contributed by atoms with Gasteiger partial charge in [-0.15, -0.1) is 11.8 Å². The summed E-state index contributed by atoms with van der Waals surface area (Å²) >= 11 is 15.6. The van der Waals surface area contributed by atoms with Crippen LogP contribution in [0, 0.1) is 0 Å². The van der Waals surface area contributed by atoms with E-state index in [-0.39, 0.29) is 5.91 Å². The number of rotatable bonds is 9. The van der Waals surface area contributed by atoms with Crippen LogP contribution in [0.5, 0.6) is 0 Å². The summed E-state index contributed by atoms with van der Waals surface area (Å²) in [5, 5.41) is 4.23. The van der Waals surface area contributed by atoms with Gasteiger partial charge in [0.25, 0.3) is 0 Å². The first kappa shape index (κ1) is 19.5. The van der Waals surface area contributed by atoms with E-state index in [9.17, 15) is 4.79 Å². The van der Waals surface area contributed by atoms with Crippen LogP contribution in [-0.2, 0) is 16.3 Å². The molecular weight excluding hydrogens is 381 g/mol. The van der Waals surface area contributed by atoms with Gasteiger partial charge in [-0.3, -0.25) is 4.79 Å². The molecule has 2 aromatic carbocycles. The average Bonchev–Trinajstić information content (AvgIpc) is 2.58. The predicted octanol–water partition coefficient (Wildman–Crippen LogP) is 5.28. The van der Waals surface area contributed by atoms with Gasteiger partial charge in [0.2, 0.25) is 5.91 Å². The summed E-state index contributed by atoms with van der Waals surface area (Å²) < 4.78 is 0. The van der Waals surface area contributed by atoms with Crippen molar-refractivity contribution < 1.29 is 4.79 Å². The molecule has 1 N–H and O–H groups in total. The number of hydrogen-bond donors (Lipinski definition) is 1. The monoisotopic (exact) mass is 399 g/mol. The van der Waals surface area contributed by atoms with E-state index in [1.807, 2.05) is 48.2 Å². The Bertz CT molecular complexity index is 632. The molecule has 0 spiro atoms. The Labute approximate surface area is 161 Å². The number of halogens is 2. The summed E-state index contributed by atoms with van der Waals surface area (Å²) in [5.74, 6) is 2.96. The zero-order chi connectivity index (χ0) is 17.2. The van der Waals surface area contributed by atoms with Gasteiger partial charge >= 0.3 is 0 Å². The van der Waals surface area contributed by atoms with Crippen LogP contribution in [0.25, 0.3) is 0 Å². The first-order chi connectivity index (χ1) is 11.7. The standard InChI is InChI=1S/C18H19Cl2NOS2/c19-16-7-4-8-17(20)15(16)12-24-13-18(22)21-9-10-23-11-14-5-2-1-3-6-14/h1-8H,9-13H2,(H,21,22). The van der Waals surface area contributed by atoms with E-state index in [4.69, 9.17) is 23.2 Å². The van der Waals surface area contributed by atoms with E-state index in [2.05, 4.69) is 17.4 Å². The van der Waals surface area contributed by atoms with Crippen molar-refractivity contribution in [3.8, 4) is 0 Å². The highest BCUT2D eigenvalue weighted by Gasteiger charge is 2.07. The summed E-state index contributed by atoms with van der Waals surface area (Å²) in [6.07, 6.45) is 0. The summed E-state index contributed by atoms with van der Waals surface area (Å²) in [6.45, 7) is 0.684. The second kappa shape index (κ2) is 10.9. The molecule has 0 heterocycles. The molecule has 0 radical (unpaired) electrons. The highest BCUT2D eigenvalue weighted by atomic mass is 35.5. The third-order valence-corrected chi connectivity index (χ3v) is 5.92. The van der Waals surface area contributed by atoms with Crippen LogP contribution < -0.4 is 5.32 Å². The molecule has 0 aliphatic rings. The van der Waals surface area contributed by atoms with Crippen LogP contribution in [0.2, 0.25) is 10.0 Å². The number of benzene rings is 2. The molecule has 0 aliphatic carbocycles. The zero-order valence-electron chi connectivity index (χ0n) is 13.1. The van der Waals surface area contributed by atoms with Gasteiger partial charge in [0.15, 0.2) is 0 Å². The quantitative estimate of drug-likeness (QED) is 0.581. The number of nitrogens with one attached hydrogen (secondary N) is 1. The van der Waals surface area contributed by atoms with Gasteiger partial charge in [-0.25, -0.2) is 0 Å². The summed E-state index contributed by atoms with van der Waals surface area (Å²) in [4.78, 5) is 11.8. The number of carbonyl (C=O) groups excluding carboxylic acids is 1. The van der Waals surface area contributed by atoms with Gasteiger partial charge in [0.05, 0.1) is 5.75 Å². The van der Waals surface area contributed by atoms with Crippen LogP contribution in [0.15, 0.2) is 48.5 Å². The van der Waals surface area contributed by atoms with Gasteiger partial charge in [0, 0.05) is 33.8 Å². The number of thioether (sulfide) groups is 2. The Balaban J connectivity index is 1.57. The van der Waals surface area contributed by atoms with E-state index in [1.165, 1.54) is 17.3 Å². The van der Waals surface area contributed by atoms with Crippen molar-refractivity contribution in [3.63, 3.8) is 0 Å². The fourth-order valence-electron chi connectivity index (χ4n) is 1.99. The molecule has 2 aromatic rings. The first-order valence-corrected chi connectivity index (χ1v) is 10.6. The maximum Gasteiger partial charge on any atom is 0.230 e. The lowest BCUT2D eigenvalue weighted by Gasteiger charge is -2.07. The topological polar surface area (TPSA) is 29.1 Å². The normalized spacial score (nSPS) is 10.6. The van der Waals surface area contributed by atoms with E-state index < -0.39 is 0 Å². The third kappa shape index (κ3) is 6.98. The van der Waals surface area contributed by atoms with Crippen molar-refractivity contribution in [3.05, 3.63) is 69.7 Å². The van der Waals surface area contributed by atoms with Crippen molar-refractivity contribution in [2.75, 3.05) is 18.1 Å². The summed E-state index contributed by atoms with van der Waals surface area (Å²) in [7, 11) is 0. The Morgan fingerprint density at radius 1 is 0.917 bits per heavy atom. The van der Waals surface area contributed by atoms with Gasteiger partial charge in [-0.2, -0.15) is 11.8 Å². The lowest BCUT2D eigenvalue weighted by Crippen LogP contribution is -2.27. The van der Waals surface area contributed by atoms with Crippen LogP contribution >= 0.6 is 46.7 Å². The molecule has 1 amide bonds. The van der Waals surface area contributed by atoms with Crippen LogP contribution in [0.4, 0.5) is 0 Å². The lowest BCUT2D eigenvalue weighted by atomic mass is 10.2. The zero-order valence-corrected chi connectivity index (χ0v) is 16.3. The average molecular weight is 400 g/mol. The molecule has 6 heteroatoms. The van der Waals surface area contributed by atoms with Crippen molar-refractivity contribution in [2.45, 2.75) is 11.5 Å². The smallest absolute Gasteiger partial charge is 0.230 e. The minimum atomic E-state index is 0.0449. The lowest BCUT2D eigenvalue weighted by molar-refractivity contribution is -0.118. The van der Waals surface area contributed by atoms with Crippen molar-refractivity contribution >= 4 is 52.6 Å². The van der Waals surface area contributed by atoms with E-state index in [0.29, 0.717) is 28.1 Å². The third-order valence-electron chi connectivity index (χ3n) is 3.22. The van der Waals surface area contributed by atoms with E-state index >= 15 is 0 Å². The van der Waals surface area contributed by atoms with E-state index in [1.54, 1.807) is 0 Å². The highest BCUT2D eigenvalue weighted by molar-refractivity contribution is 7.99. The second-order valence-corrected chi connectivity index (χ2v) is 7.99. The minimum absolute atomic E-state index is 0.0449. The molecule has 0 aliphatic heterocycles. The summed E-state index contributed by atoms with van der Waals surface area (Å²) in [6, 6.07) is 15.8. The number of hydrogen-bond acceptors (Lipinski definition) is 3. The van der Waals surface area contributed by atoms with Gasteiger partial charge in [-0.1, -0.05) is 59.6 Å². The Kier molecular flexibility index (Phi) is 8.89. The molecule has 24 heavy (non-hydrogen) atoms. The van der Waals surface area contributed by atoms with E-state index in [0.717, 1.165) is 17.1 Å². The van der Waals surface area contributed by atoms with Crippen molar-refractivity contribution in [1.29, 1.82) is 0 Å². The maximum atomic E-state index is 11.8. The fourth-order valence-corrected chi connectivity index (χ4v) is 4.41. The molecule has 2 nitrogen and oxygen atoms in total. The molecule has 0 atom stereocenters. The number of amides is 1. The summed E-state index contributed by atoms with van der Waals surface area (Å²) in [5.41, 5.74) is 2.19. The molecule has 0 aromatic heterocycles. The SMILES string of the molecule is O=C(CSCc1c(Cl)cccc1Cl)NCCSCc1ccccc1. The Morgan fingerprint density at radius 3 is 2.33 bits per heavy atom. The molecule has 0 saturated heterocycles. The fraction of sp³-hybridized carbons (Fsp3) is 0.278. The second-order valence-electron chi connectivity index (χ2n) is 5.08. The largest absolute Gasteiger partial charge is 0.355 e. The molecule has 0 fully saturated rings. The van der Waals surface area contributed by atoms with Crippen LogP contribution in [0.3, 0.4) is 0 Å². The minimum Gasteiger partial charge on any atom is -0.355 e. The van der Waals surface area contributed by atoms with Crippen molar-refractivity contribution in [2.24, 2.45) is 0 Å². The first-order valence-electron chi connectivity index (χ1n) is 7.56. The maximum absolute atomic E-state index is 11.8. The Hall–Kier alpha value is -0.810. The molecule has 2 rings (SSSR count). The van der Waals surface area contributed by atoms with Crippen LogP contribution in [0.1, 0.15) is 11.1 Å². The molecule has 128 valence electrons. The Morgan fingerprint density at radius 2 is 1.62 bits per heavy atom. The highest BCUT2D eigenvalue weighted by Crippen LogP contribution is 2.28. The van der Waals surface area contributed by atoms with Gasteiger partial charge in [-0.05, 0) is 23.3 Å². The predicted molar refractivity (Wildman–Crippen MR) is 108 cm³/mol. The van der Waals surface area contributed by atoms with Crippen molar-refractivity contribution in [1.82, 2.24) is 5.32 Å². The van der Waals surface area contributed by atoms with Crippen LogP contribution in [-0.4, -0.2) is 24.0 Å². The molecule has 0 bridgehead atoms. The molecular formula is C18H19Cl2NOS2. The number of carbonyl (C=O) groups is 1. The van der Waals surface area contributed by atoms with Gasteiger partial charge < -0.3 is 5.32 Å².